The standard InChI is InChI=1S/C12H16N2S/c1-4-13-12-10-7-5-6-8-11(10)15-14(12)9(2)3/h5-9H,4H2,1-3H3. The Balaban J connectivity index is 2.81. The van der Waals surface area contributed by atoms with Crippen LogP contribution in [0.15, 0.2) is 29.3 Å². The minimum atomic E-state index is 0.479. The number of nitrogens with zero attached hydrogens (tertiary/aromatic N) is 2. The molecule has 3 heteroatoms. The maximum atomic E-state index is 4.59. The predicted molar refractivity (Wildman–Crippen MR) is 66.3 cm³/mol. The van der Waals surface area contributed by atoms with Crippen LogP contribution in [0.3, 0.4) is 0 Å². The van der Waals surface area contributed by atoms with Gasteiger partial charge in [0.25, 0.3) is 0 Å². The van der Waals surface area contributed by atoms with Crippen molar-refractivity contribution < 1.29 is 0 Å². The topological polar surface area (TPSA) is 17.3 Å². The monoisotopic (exact) mass is 220 g/mol. The van der Waals surface area contributed by atoms with E-state index >= 15 is 0 Å². The lowest BCUT2D eigenvalue weighted by atomic mass is 10.3. The van der Waals surface area contributed by atoms with Crippen LogP contribution in [0.25, 0.3) is 10.1 Å². The molecule has 0 saturated heterocycles. The molecule has 1 aromatic carbocycles. The van der Waals surface area contributed by atoms with Gasteiger partial charge in [0.1, 0.15) is 5.49 Å². The SMILES string of the molecule is CCN=c1c2ccccc2sn1C(C)C. The Labute approximate surface area is 94.0 Å². The zero-order valence-corrected chi connectivity index (χ0v) is 10.2. The van der Waals surface area contributed by atoms with Crippen molar-refractivity contribution in [2.45, 2.75) is 26.8 Å². The van der Waals surface area contributed by atoms with Gasteiger partial charge < -0.3 is 0 Å². The van der Waals surface area contributed by atoms with Crippen molar-refractivity contribution in [3.05, 3.63) is 29.8 Å². The van der Waals surface area contributed by atoms with Gasteiger partial charge in [0.05, 0.1) is 4.70 Å². The van der Waals surface area contributed by atoms with E-state index in [9.17, 15) is 0 Å². The summed E-state index contributed by atoms with van der Waals surface area (Å²) >= 11 is 1.79. The van der Waals surface area contributed by atoms with Gasteiger partial charge in [-0.2, -0.15) is 0 Å². The second-order valence-corrected chi connectivity index (χ2v) is 4.82. The van der Waals surface area contributed by atoms with Gasteiger partial charge in [-0.3, -0.25) is 8.95 Å². The summed E-state index contributed by atoms with van der Waals surface area (Å²) in [6.45, 7) is 7.32. The van der Waals surface area contributed by atoms with E-state index in [1.54, 1.807) is 11.5 Å². The summed E-state index contributed by atoms with van der Waals surface area (Å²) in [4.78, 5) is 4.59. The average Bonchev–Trinajstić information content (AvgIpc) is 2.58. The van der Waals surface area contributed by atoms with Crippen LogP contribution in [-0.4, -0.2) is 10.5 Å². The van der Waals surface area contributed by atoms with Crippen LogP contribution in [0.2, 0.25) is 0 Å². The molecule has 15 heavy (non-hydrogen) atoms. The summed E-state index contributed by atoms with van der Waals surface area (Å²) in [6, 6.07) is 8.95. The largest absolute Gasteiger partial charge is 0.279 e. The highest BCUT2D eigenvalue weighted by molar-refractivity contribution is 7.13. The Morgan fingerprint density at radius 2 is 2.07 bits per heavy atom. The predicted octanol–water partition coefficient (Wildman–Crippen LogP) is 3.20. The van der Waals surface area contributed by atoms with Crippen molar-refractivity contribution in [2.75, 3.05) is 6.54 Å². The van der Waals surface area contributed by atoms with Crippen LogP contribution in [0.5, 0.6) is 0 Å². The first kappa shape index (κ1) is 10.4. The van der Waals surface area contributed by atoms with E-state index in [0.29, 0.717) is 6.04 Å². The van der Waals surface area contributed by atoms with E-state index in [2.05, 4.69) is 54.0 Å². The molecule has 0 atom stereocenters. The fourth-order valence-electron chi connectivity index (χ4n) is 1.65. The Kier molecular flexibility index (Phi) is 2.91. The molecule has 0 saturated carbocycles. The van der Waals surface area contributed by atoms with Crippen LogP contribution in [0.4, 0.5) is 0 Å². The Bertz CT molecular complexity index is 520. The number of hydrogen-bond donors (Lipinski definition) is 0. The van der Waals surface area contributed by atoms with E-state index in [0.717, 1.165) is 12.0 Å². The summed E-state index contributed by atoms with van der Waals surface area (Å²) in [5.74, 6) is 0. The Hall–Kier alpha value is -1.09. The molecule has 2 rings (SSSR count). The van der Waals surface area contributed by atoms with E-state index in [-0.39, 0.29) is 0 Å². The quantitative estimate of drug-likeness (QED) is 0.739. The van der Waals surface area contributed by atoms with E-state index in [4.69, 9.17) is 0 Å². The van der Waals surface area contributed by atoms with Crippen molar-refractivity contribution in [3.8, 4) is 0 Å². The maximum Gasteiger partial charge on any atom is 0.146 e. The minimum absolute atomic E-state index is 0.479. The number of hydrogen-bond acceptors (Lipinski definition) is 2. The van der Waals surface area contributed by atoms with E-state index < -0.39 is 0 Å². The maximum absolute atomic E-state index is 4.59. The first-order chi connectivity index (χ1) is 7.24. The third kappa shape index (κ3) is 1.84. The molecule has 0 radical (unpaired) electrons. The molecular formula is C12H16N2S. The van der Waals surface area contributed by atoms with Crippen LogP contribution in [-0.2, 0) is 0 Å². The lowest BCUT2D eigenvalue weighted by Crippen LogP contribution is -2.17. The second kappa shape index (κ2) is 4.19. The molecule has 1 aromatic heterocycles. The molecule has 2 aromatic rings. The zero-order chi connectivity index (χ0) is 10.8. The van der Waals surface area contributed by atoms with Crippen LogP contribution in [0, 0.1) is 0 Å². The van der Waals surface area contributed by atoms with Gasteiger partial charge >= 0.3 is 0 Å². The van der Waals surface area contributed by atoms with Gasteiger partial charge in [0, 0.05) is 18.0 Å². The first-order valence-electron chi connectivity index (χ1n) is 5.35. The first-order valence-corrected chi connectivity index (χ1v) is 6.12. The molecule has 1 heterocycles. The number of rotatable bonds is 2. The third-order valence-electron chi connectivity index (χ3n) is 2.31. The molecule has 0 N–H and O–H groups in total. The lowest BCUT2D eigenvalue weighted by Gasteiger charge is -2.04. The van der Waals surface area contributed by atoms with Crippen molar-refractivity contribution >= 4 is 21.6 Å². The average molecular weight is 220 g/mol. The molecule has 80 valence electrons. The Morgan fingerprint density at radius 3 is 2.73 bits per heavy atom. The van der Waals surface area contributed by atoms with Gasteiger partial charge in [-0.15, -0.1) is 0 Å². The van der Waals surface area contributed by atoms with Gasteiger partial charge in [0.15, 0.2) is 0 Å². The number of aromatic nitrogens is 1. The van der Waals surface area contributed by atoms with E-state index in [1.807, 2.05) is 0 Å². The highest BCUT2D eigenvalue weighted by atomic mass is 32.1. The fraction of sp³-hybridized carbons (Fsp3) is 0.417. The van der Waals surface area contributed by atoms with Crippen LogP contribution in [0.1, 0.15) is 26.8 Å². The molecular weight excluding hydrogens is 204 g/mol. The summed E-state index contributed by atoms with van der Waals surface area (Å²) in [7, 11) is 0. The molecule has 0 aliphatic carbocycles. The normalized spacial score (nSPS) is 12.9. The van der Waals surface area contributed by atoms with Crippen LogP contribution >= 0.6 is 11.5 Å². The zero-order valence-electron chi connectivity index (χ0n) is 9.40. The summed E-state index contributed by atoms with van der Waals surface area (Å²) in [6.07, 6.45) is 0. The molecule has 0 fully saturated rings. The Morgan fingerprint density at radius 1 is 1.33 bits per heavy atom. The van der Waals surface area contributed by atoms with Gasteiger partial charge in [-0.25, -0.2) is 0 Å². The summed E-state index contributed by atoms with van der Waals surface area (Å²) in [5.41, 5.74) is 1.13. The van der Waals surface area contributed by atoms with E-state index in [1.165, 1.54) is 10.1 Å². The molecule has 2 nitrogen and oxygen atoms in total. The van der Waals surface area contributed by atoms with Gasteiger partial charge in [-0.1, -0.05) is 23.7 Å². The molecule has 0 amide bonds. The third-order valence-corrected chi connectivity index (χ3v) is 3.65. The summed E-state index contributed by atoms with van der Waals surface area (Å²) < 4.78 is 3.60. The fourth-order valence-corrected chi connectivity index (χ4v) is 2.72. The van der Waals surface area contributed by atoms with Crippen molar-refractivity contribution in [2.24, 2.45) is 4.99 Å². The second-order valence-electron chi connectivity index (χ2n) is 3.80. The van der Waals surface area contributed by atoms with Crippen molar-refractivity contribution in [3.63, 3.8) is 0 Å². The molecule has 0 aliphatic rings. The van der Waals surface area contributed by atoms with Crippen molar-refractivity contribution in [1.82, 2.24) is 3.96 Å². The van der Waals surface area contributed by atoms with Crippen molar-refractivity contribution in [1.29, 1.82) is 0 Å². The number of fused-ring (bicyclic) bond motifs is 1. The summed E-state index contributed by atoms with van der Waals surface area (Å²) in [5, 5.41) is 1.28. The molecule has 0 unspecified atom stereocenters. The van der Waals surface area contributed by atoms with Gasteiger partial charge in [0.2, 0.25) is 0 Å². The van der Waals surface area contributed by atoms with Gasteiger partial charge in [-0.05, 0) is 32.9 Å². The van der Waals surface area contributed by atoms with Crippen LogP contribution < -0.4 is 5.49 Å². The molecule has 0 spiro atoms. The highest BCUT2D eigenvalue weighted by Crippen LogP contribution is 2.19. The highest BCUT2D eigenvalue weighted by Gasteiger charge is 2.06. The molecule has 0 aliphatic heterocycles. The number of benzene rings is 1. The smallest absolute Gasteiger partial charge is 0.146 e. The molecule has 0 bridgehead atoms. The lowest BCUT2D eigenvalue weighted by molar-refractivity contribution is 0.624. The minimum Gasteiger partial charge on any atom is -0.279 e.